The van der Waals surface area contributed by atoms with Gasteiger partial charge in [0.1, 0.15) is 5.69 Å². The van der Waals surface area contributed by atoms with E-state index in [1.54, 1.807) is 12.3 Å². The number of aromatic amines is 1. The van der Waals surface area contributed by atoms with Crippen LogP contribution in [0.5, 0.6) is 0 Å². The lowest BCUT2D eigenvalue weighted by molar-refractivity contribution is 0.0945. The van der Waals surface area contributed by atoms with Crippen LogP contribution >= 0.6 is 0 Å². The zero-order chi connectivity index (χ0) is 10.4. The van der Waals surface area contributed by atoms with E-state index >= 15 is 0 Å². The summed E-state index contributed by atoms with van der Waals surface area (Å²) in [5.41, 5.74) is 0.504. The van der Waals surface area contributed by atoms with Gasteiger partial charge in [0.15, 0.2) is 0 Å². The van der Waals surface area contributed by atoms with Gasteiger partial charge in [-0.3, -0.25) is 9.89 Å². The largest absolute Gasteiger partial charge is 0.349 e. The number of aromatic nitrogens is 2. The Balaban J connectivity index is 2.23. The van der Waals surface area contributed by atoms with Gasteiger partial charge in [-0.05, 0) is 19.7 Å². The van der Waals surface area contributed by atoms with Gasteiger partial charge in [-0.15, -0.1) is 0 Å². The fourth-order valence-electron chi connectivity index (χ4n) is 0.996. The molecule has 1 aromatic heterocycles. The maximum absolute atomic E-state index is 11.4. The quantitative estimate of drug-likeness (QED) is 0.701. The molecular formula is C9H16N4O. The zero-order valence-electron chi connectivity index (χ0n) is 8.58. The monoisotopic (exact) mass is 196 g/mol. The number of hydrogen-bond acceptors (Lipinski definition) is 3. The zero-order valence-corrected chi connectivity index (χ0v) is 8.58. The van der Waals surface area contributed by atoms with E-state index in [-0.39, 0.29) is 5.91 Å². The summed E-state index contributed by atoms with van der Waals surface area (Å²) in [5, 5.41) is 9.12. The Kier molecular flexibility index (Phi) is 4.12. The fourth-order valence-corrected chi connectivity index (χ4v) is 0.996. The maximum Gasteiger partial charge on any atom is 0.269 e. The summed E-state index contributed by atoms with van der Waals surface area (Å²) in [5.74, 6) is -0.105. The lowest BCUT2D eigenvalue weighted by Gasteiger charge is -2.13. The smallest absolute Gasteiger partial charge is 0.269 e. The number of nitrogens with zero attached hydrogens (tertiary/aromatic N) is 2. The number of rotatable bonds is 5. The predicted octanol–water partition coefficient (Wildman–Crippen LogP) is 0.0912. The van der Waals surface area contributed by atoms with Gasteiger partial charge in [0, 0.05) is 19.3 Å². The molecule has 0 unspecified atom stereocenters. The third kappa shape index (κ3) is 3.18. The second-order valence-electron chi connectivity index (χ2n) is 3.12. The van der Waals surface area contributed by atoms with Crippen molar-refractivity contribution in [1.82, 2.24) is 20.4 Å². The van der Waals surface area contributed by atoms with Gasteiger partial charge in [0.25, 0.3) is 5.91 Å². The number of hydrogen-bond donors (Lipinski definition) is 2. The molecule has 0 aliphatic rings. The number of carbonyl (C=O) groups excluding carboxylic acids is 1. The molecule has 1 rings (SSSR count). The second kappa shape index (κ2) is 5.39. The summed E-state index contributed by atoms with van der Waals surface area (Å²) in [6, 6.07) is 1.65. The Labute approximate surface area is 83.5 Å². The maximum atomic E-state index is 11.4. The number of likely N-dealkylation sites (N-methyl/N-ethyl adjacent to an activating group) is 1. The highest BCUT2D eigenvalue weighted by atomic mass is 16.1. The van der Waals surface area contributed by atoms with Crippen molar-refractivity contribution >= 4 is 5.91 Å². The van der Waals surface area contributed by atoms with E-state index in [0.717, 1.165) is 13.1 Å². The van der Waals surface area contributed by atoms with Crippen LogP contribution in [0.3, 0.4) is 0 Å². The molecule has 0 aliphatic heterocycles. The molecule has 0 atom stereocenters. The van der Waals surface area contributed by atoms with E-state index in [2.05, 4.69) is 27.3 Å². The number of nitrogens with one attached hydrogen (secondary N) is 2. The summed E-state index contributed by atoms with van der Waals surface area (Å²) in [4.78, 5) is 13.5. The van der Waals surface area contributed by atoms with Gasteiger partial charge < -0.3 is 10.2 Å². The normalized spacial score (nSPS) is 10.5. The van der Waals surface area contributed by atoms with Crippen LogP contribution in [-0.4, -0.2) is 47.7 Å². The first-order valence-corrected chi connectivity index (χ1v) is 4.70. The van der Waals surface area contributed by atoms with Crippen molar-refractivity contribution in [2.24, 2.45) is 0 Å². The van der Waals surface area contributed by atoms with Crippen LogP contribution in [0.15, 0.2) is 12.3 Å². The second-order valence-corrected chi connectivity index (χ2v) is 3.12. The minimum Gasteiger partial charge on any atom is -0.349 e. The molecule has 5 heteroatoms. The van der Waals surface area contributed by atoms with E-state index in [4.69, 9.17) is 0 Å². The van der Waals surface area contributed by atoms with Gasteiger partial charge in [-0.1, -0.05) is 6.92 Å². The molecule has 5 nitrogen and oxygen atoms in total. The highest BCUT2D eigenvalue weighted by Crippen LogP contribution is 1.90. The van der Waals surface area contributed by atoms with Gasteiger partial charge in [-0.2, -0.15) is 5.10 Å². The van der Waals surface area contributed by atoms with Crippen LogP contribution in [0.2, 0.25) is 0 Å². The molecule has 0 aliphatic carbocycles. The molecular weight excluding hydrogens is 180 g/mol. The van der Waals surface area contributed by atoms with Crippen molar-refractivity contribution in [2.75, 3.05) is 26.7 Å². The van der Waals surface area contributed by atoms with Crippen molar-refractivity contribution in [3.63, 3.8) is 0 Å². The number of amides is 1. The average Bonchev–Trinajstić information content (AvgIpc) is 2.70. The van der Waals surface area contributed by atoms with Crippen molar-refractivity contribution in [2.45, 2.75) is 6.92 Å². The molecule has 1 amide bonds. The first-order chi connectivity index (χ1) is 6.74. The van der Waals surface area contributed by atoms with E-state index < -0.39 is 0 Å². The molecule has 1 heterocycles. The van der Waals surface area contributed by atoms with Gasteiger partial charge in [-0.25, -0.2) is 0 Å². The van der Waals surface area contributed by atoms with Crippen LogP contribution in [-0.2, 0) is 0 Å². The van der Waals surface area contributed by atoms with E-state index in [1.807, 2.05) is 7.05 Å². The standard InChI is InChI=1S/C9H16N4O/c1-3-13(2)7-6-10-9(14)8-4-5-11-12-8/h4-5H,3,6-7H2,1-2H3,(H,10,14)(H,11,12). The van der Waals surface area contributed by atoms with E-state index in [0.29, 0.717) is 12.2 Å². The third-order valence-corrected chi connectivity index (χ3v) is 2.06. The molecule has 0 saturated heterocycles. The molecule has 0 fully saturated rings. The van der Waals surface area contributed by atoms with Crippen LogP contribution in [0.25, 0.3) is 0 Å². The molecule has 2 N–H and O–H groups in total. The SMILES string of the molecule is CCN(C)CCNC(=O)c1ccn[nH]1. The summed E-state index contributed by atoms with van der Waals surface area (Å²) in [6.45, 7) is 4.58. The lowest BCUT2D eigenvalue weighted by Crippen LogP contribution is -2.33. The molecule has 0 bridgehead atoms. The molecule has 1 aromatic rings. The summed E-state index contributed by atoms with van der Waals surface area (Å²) in [6.07, 6.45) is 1.56. The summed E-state index contributed by atoms with van der Waals surface area (Å²) >= 11 is 0. The Morgan fingerprint density at radius 3 is 3.07 bits per heavy atom. The van der Waals surface area contributed by atoms with Crippen LogP contribution in [0, 0.1) is 0 Å². The lowest BCUT2D eigenvalue weighted by atomic mass is 10.4. The number of carbonyl (C=O) groups is 1. The van der Waals surface area contributed by atoms with E-state index in [1.165, 1.54) is 0 Å². The minimum atomic E-state index is -0.105. The average molecular weight is 196 g/mol. The predicted molar refractivity (Wildman–Crippen MR) is 54.1 cm³/mol. The molecule has 0 aromatic carbocycles. The molecule has 0 saturated carbocycles. The van der Waals surface area contributed by atoms with Gasteiger partial charge >= 0.3 is 0 Å². The Morgan fingerprint density at radius 1 is 1.71 bits per heavy atom. The molecule has 78 valence electrons. The van der Waals surface area contributed by atoms with E-state index in [9.17, 15) is 4.79 Å². The number of H-pyrrole nitrogens is 1. The topological polar surface area (TPSA) is 61.0 Å². The molecule has 0 spiro atoms. The third-order valence-electron chi connectivity index (χ3n) is 2.06. The van der Waals surface area contributed by atoms with Crippen molar-refractivity contribution < 1.29 is 4.79 Å². The first kappa shape index (κ1) is 10.7. The minimum absolute atomic E-state index is 0.105. The van der Waals surface area contributed by atoms with Crippen molar-refractivity contribution in [3.8, 4) is 0 Å². The summed E-state index contributed by atoms with van der Waals surface area (Å²) in [7, 11) is 2.02. The molecule has 0 radical (unpaired) electrons. The van der Waals surface area contributed by atoms with Crippen molar-refractivity contribution in [3.05, 3.63) is 18.0 Å². The fraction of sp³-hybridized carbons (Fsp3) is 0.556. The van der Waals surface area contributed by atoms with Crippen LogP contribution < -0.4 is 5.32 Å². The van der Waals surface area contributed by atoms with Crippen molar-refractivity contribution in [1.29, 1.82) is 0 Å². The first-order valence-electron chi connectivity index (χ1n) is 4.70. The molecule has 14 heavy (non-hydrogen) atoms. The summed E-state index contributed by atoms with van der Waals surface area (Å²) < 4.78 is 0. The highest BCUT2D eigenvalue weighted by molar-refractivity contribution is 5.92. The van der Waals surface area contributed by atoms with Gasteiger partial charge in [0.2, 0.25) is 0 Å². The highest BCUT2D eigenvalue weighted by Gasteiger charge is 2.05. The Hall–Kier alpha value is -1.36. The van der Waals surface area contributed by atoms with Crippen LogP contribution in [0.1, 0.15) is 17.4 Å². The Morgan fingerprint density at radius 2 is 2.50 bits per heavy atom. The van der Waals surface area contributed by atoms with Gasteiger partial charge in [0.05, 0.1) is 0 Å². The van der Waals surface area contributed by atoms with Crippen LogP contribution in [0.4, 0.5) is 0 Å². The Bertz CT molecular complexity index is 270.